The van der Waals surface area contributed by atoms with Crippen LogP contribution < -0.4 is 0 Å². The van der Waals surface area contributed by atoms with Gasteiger partial charge in [-0.1, -0.05) is 35.3 Å². The van der Waals surface area contributed by atoms with Crippen molar-refractivity contribution in [3.63, 3.8) is 0 Å². The molecule has 2 aliphatic rings. The standard InChI is InChI=1S/C20H21Cl2F3N4O/c21-15-10-26-29(12-15)18(30)28-8-5-19(6-9-28)4-7-27(13-19)11-14-2-1-3-16(22)17(14)20(23,24)25/h1-3,10,12H,4-9,11,13H2. The Morgan fingerprint density at radius 1 is 1.13 bits per heavy atom. The first-order valence-corrected chi connectivity index (χ1v) is 10.5. The van der Waals surface area contributed by atoms with Crippen molar-refractivity contribution < 1.29 is 18.0 Å². The Balaban J connectivity index is 1.39. The first kappa shape index (κ1) is 21.5. The summed E-state index contributed by atoms with van der Waals surface area (Å²) in [5, 5.41) is 4.10. The van der Waals surface area contributed by atoms with E-state index in [1.807, 2.05) is 0 Å². The van der Waals surface area contributed by atoms with E-state index in [2.05, 4.69) is 10.00 Å². The molecule has 1 aromatic carbocycles. The number of aromatic nitrogens is 2. The highest BCUT2D eigenvalue weighted by Gasteiger charge is 2.42. The number of piperidine rings is 1. The average molecular weight is 461 g/mol. The van der Waals surface area contributed by atoms with Crippen LogP contribution >= 0.6 is 23.2 Å². The third kappa shape index (κ3) is 4.31. The molecule has 1 aromatic heterocycles. The molecule has 0 bridgehead atoms. The Bertz CT molecular complexity index is 938. The molecule has 0 N–H and O–H groups in total. The molecule has 1 spiro atoms. The van der Waals surface area contributed by atoms with E-state index in [0.29, 0.717) is 24.7 Å². The Kier molecular flexibility index (Phi) is 5.76. The van der Waals surface area contributed by atoms with Gasteiger partial charge in [-0.2, -0.15) is 23.0 Å². The fourth-order valence-corrected chi connectivity index (χ4v) is 4.99. The van der Waals surface area contributed by atoms with Crippen LogP contribution in [-0.4, -0.2) is 51.8 Å². The summed E-state index contributed by atoms with van der Waals surface area (Å²) < 4.78 is 41.5. The Morgan fingerprint density at radius 2 is 1.83 bits per heavy atom. The Hall–Kier alpha value is -1.77. The second-order valence-electron chi connectivity index (χ2n) is 8.11. The fourth-order valence-electron chi connectivity index (χ4n) is 4.55. The van der Waals surface area contributed by atoms with Crippen LogP contribution in [0.25, 0.3) is 0 Å². The van der Waals surface area contributed by atoms with Gasteiger partial charge in [-0.25, -0.2) is 4.79 Å². The van der Waals surface area contributed by atoms with Gasteiger partial charge in [0.2, 0.25) is 0 Å². The highest BCUT2D eigenvalue weighted by atomic mass is 35.5. The maximum atomic E-state index is 13.4. The van der Waals surface area contributed by atoms with E-state index in [1.165, 1.54) is 29.2 Å². The first-order chi connectivity index (χ1) is 14.2. The molecule has 3 heterocycles. The average Bonchev–Trinajstić information content (AvgIpc) is 3.27. The van der Waals surface area contributed by atoms with Crippen molar-refractivity contribution >= 4 is 29.2 Å². The second-order valence-corrected chi connectivity index (χ2v) is 8.95. The maximum Gasteiger partial charge on any atom is 0.418 e. The molecule has 2 saturated heterocycles. The smallest absolute Gasteiger partial charge is 0.323 e. The number of hydrogen-bond donors (Lipinski definition) is 0. The molecule has 2 fully saturated rings. The summed E-state index contributed by atoms with van der Waals surface area (Å²) in [6.45, 7) is 2.84. The predicted molar refractivity (Wildman–Crippen MR) is 108 cm³/mol. The number of hydrogen-bond acceptors (Lipinski definition) is 3. The van der Waals surface area contributed by atoms with Crippen LogP contribution in [0.1, 0.15) is 30.4 Å². The molecule has 2 aromatic rings. The van der Waals surface area contributed by atoms with Crippen LogP contribution in [0.5, 0.6) is 0 Å². The van der Waals surface area contributed by atoms with Crippen LogP contribution in [0.15, 0.2) is 30.6 Å². The molecular formula is C20H21Cl2F3N4O. The number of amides is 1. The minimum absolute atomic E-state index is 0.0233. The summed E-state index contributed by atoms with van der Waals surface area (Å²) in [5.74, 6) is 0. The third-order valence-electron chi connectivity index (χ3n) is 6.14. The van der Waals surface area contributed by atoms with Crippen LogP contribution in [-0.2, 0) is 12.7 Å². The first-order valence-electron chi connectivity index (χ1n) is 9.73. The lowest BCUT2D eigenvalue weighted by atomic mass is 9.78. The summed E-state index contributed by atoms with van der Waals surface area (Å²) in [6.07, 6.45) is 0.953. The number of alkyl halides is 3. The van der Waals surface area contributed by atoms with E-state index < -0.39 is 11.7 Å². The summed E-state index contributed by atoms with van der Waals surface area (Å²) in [7, 11) is 0. The van der Waals surface area contributed by atoms with E-state index in [1.54, 1.807) is 11.0 Å². The predicted octanol–water partition coefficient (Wildman–Crippen LogP) is 5.16. The minimum Gasteiger partial charge on any atom is -0.323 e. The maximum absolute atomic E-state index is 13.4. The van der Waals surface area contributed by atoms with Gasteiger partial charge in [0.05, 0.1) is 28.0 Å². The van der Waals surface area contributed by atoms with Crippen LogP contribution in [0, 0.1) is 5.41 Å². The van der Waals surface area contributed by atoms with E-state index in [9.17, 15) is 18.0 Å². The van der Waals surface area contributed by atoms with Gasteiger partial charge in [-0.15, -0.1) is 0 Å². The fraction of sp³-hybridized carbons (Fsp3) is 0.500. The van der Waals surface area contributed by atoms with Crippen molar-refractivity contribution in [2.24, 2.45) is 5.41 Å². The summed E-state index contributed by atoms with van der Waals surface area (Å²) in [4.78, 5) is 16.3. The van der Waals surface area contributed by atoms with Gasteiger partial charge in [0.1, 0.15) is 0 Å². The highest BCUT2D eigenvalue weighted by Crippen LogP contribution is 2.42. The molecule has 0 radical (unpaired) electrons. The number of rotatable bonds is 2. The quantitative estimate of drug-likeness (QED) is 0.620. The van der Waals surface area contributed by atoms with Crippen molar-refractivity contribution in [2.75, 3.05) is 26.2 Å². The van der Waals surface area contributed by atoms with Gasteiger partial charge in [0.25, 0.3) is 0 Å². The van der Waals surface area contributed by atoms with Crippen LogP contribution in [0.3, 0.4) is 0 Å². The number of nitrogens with zero attached hydrogens (tertiary/aromatic N) is 4. The lowest BCUT2D eigenvalue weighted by molar-refractivity contribution is -0.138. The molecular weight excluding hydrogens is 440 g/mol. The Labute approximate surface area is 182 Å². The number of carbonyl (C=O) groups is 1. The lowest BCUT2D eigenvalue weighted by Crippen LogP contribution is -2.45. The van der Waals surface area contributed by atoms with Crippen molar-refractivity contribution in [2.45, 2.75) is 32.0 Å². The summed E-state index contributed by atoms with van der Waals surface area (Å²) in [5.41, 5.74) is -0.517. The molecule has 5 nitrogen and oxygen atoms in total. The molecule has 10 heteroatoms. The molecule has 162 valence electrons. The van der Waals surface area contributed by atoms with Crippen molar-refractivity contribution in [3.8, 4) is 0 Å². The largest absolute Gasteiger partial charge is 0.418 e. The zero-order chi connectivity index (χ0) is 21.5. The molecule has 4 rings (SSSR count). The molecule has 2 aliphatic heterocycles. The van der Waals surface area contributed by atoms with Gasteiger partial charge < -0.3 is 4.90 Å². The van der Waals surface area contributed by atoms with Gasteiger partial charge in [-0.05, 0) is 42.9 Å². The highest BCUT2D eigenvalue weighted by molar-refractivity contribution is 6.31. The van der Waals surface area contributed by atoms with Crippen molar-refractivity contribution in [1.29, 1.82) is 0 Å². The molecule has 1 amide bonds. The monoisotopic (exact) mass is 460 g/mol. The Morgan fingerprint density at radius 3 is 2.47 bits per heavy atom. The zero-order valence-corrected chi connectivity index (χ0v) is 17.6. The van der Waals surface area contributed by atoms with Crippen LogP contribution in [0.4, 0.5) is 18.0 Å². The molecule has 30 heavy (non-hydrogen) atoms. The second kappa shape index (κ2) is 8.05. The third-order valence-corrected chi connectivity index (χ3v) is 6.65. The van der Waals surface area contributed by atoms with E-state index in [-0.39, 0.29) is 28.6 Å². The van der Waals surface area contributed by atoms with Gasteiger partial charge in [-0.3, -0.25) is 4.90 Å². The lowest BCUT2D eigenvalue weighted by Gasteiger charge is -2.39. The SMILES string of the molecule is O=C(N1CCC2(CCN(Cc3cccc(Cl)c3C(F)(F)F)C2)CC1)n1cc(Cl)cn1. The minimum atomic E-state index is -4.48. The summed E-state index contributed by atoms with van der Waals surface area (Å²) >= 11 is 11.7. The van der Waals surface area contributed by atoms with Crippen LogP contribution in [0.2, 0.25) is 10.0 Å². The molecule has 0 atom stereocenters. The van der Waals surface area contributed by atoms with E-state index in [0.717, 1.165) is 25.8 Å². The topological polar surface area (TPSA) is 41.4 Å². The van der Waals surface area contributed by atoms with Gasteiger partial charge in [0, 0.05) is 26.2 Å². The van der Waals surface area contributed by atoms with Gasteiger partial charge in [0.15, 0.2) is 0 Å². The van der Waals surface area contributed by atoms with E-state index in [4.69, 9.17) is 23.2 Å². The number of halogens is 5. The molecule has 0 saturated carbocycles. The number of carbonyl (C=O) groups excluding carboxylic acids is 1. The molecule has 0 aliphatic carbocycles. The summed E-state index contributed by atoms with van der Waals surface area (Å²) in [6, 6.07) is 4.12. The van der Waals surface area contributed by atoms with E-state index >= 15 is 0 Å². The van der Waals surface area contributed by atoms with Crippen molar-refractivity contribution in [1.82, 2.24) is 19.6 Å². The van der Waals surface area contributed by atoms with Crippen molar-refractivity contribution in [3.05, 3.63) is 51.8 Å². The number of likely N-dealkylation sites (tertiary alicyclic amines) is 2. The molecule has 0 unspecified atom stereocenters. The van der Waals surface area contributed by atoms with Gasteiger partial charge >= 0.3 is 12.2 Å². The zero-order valence-electron chi connectivity index (χ0n) is 16.1. The number of benzene rings is 1. The normalized spacial score (nSPS) is 19.6.